The first-order chi connectivity index (χ1) is 8.67. The van der Waals surface area contributed by atoms with Crippen LogP contribution in [0.3, 0.4) is 0 Å². The molecule has 1 heterocycles. The van der Waals surface area contributed by atoms with E-state index < -0.39 is 0 Å². The number of methoxy groups -OCH3 is 1. The van der Waals surface area contributed by atoms with Crippen LogP contribution in [0.15, 0.2) is 30.5 Å². The van der Waals surface area contributed by atoms with Crippen molar-refractivity contribution < 1.29 is 9.53 Å². The van der Waals surface area contributed by atoms with Crippen molar-refractivity contribution in [2.75, 3.05) is 7.11 Å². The van der Waals surface area contributed by atoms with E-state index in [9.17, 15) is 4.79 Å². The average molecular weight is 244 g/mol. The summed E-state index contributed by atoms with van der Waals surface area (Å²) in [6, 6.07) is 7.31. The second kappa shape index (κ2) is 5.04. The first-order valence-electron chi connectivity index (χ1n) is 5.88. The van der Waals surface area contributed by atoms with Crippen LogP contribution < -0.4 is 4.74 Å². The summed E-state index contributed by atoms with van der Waals surface area (Å²) in [5.74, 6) is 0.532. The minimum Gasteiger partial charge on any atom is -0.496 e. The molecule has 0 atom stereocenters. The van der Waals surface area contributed by atoms with Gasteiger partial charge in [0.15, 0.2) is 0 Å². The van der Waals surface area contributed by atoms with Crippen LogP contribution in [0.5, 0.6) is 5.75 Å². The third-order valence-corrected chi connectivity index (χ3v) is 2.85. The molecule has 0 aliphatic heterocycles. The Kier molecular flexibility index (Phi) is 3.46. The predicted molar refractivity (Wildman–Crippen MR) is 69.1 cm³/mol. The Labute approximate surface area is 106 Å². The Hall–Kier alpha value is -2.10. The van der Waals surface area contributed by atoms with E-state index in [0.717, 1.165) is 5.56 Å². The molecule has 4 nitrogen and oxygen atoms in total. The number of nitrogens with zero attached hydrogens (tertiary/aromatic N) is 2. The number of hydrogen-bond acceptors (Lipinski definition) is 3. The van der Waals surface area contributed by atoms with Crippen LogP contribution in [0.2, 0.25) is 0 Å². The molecule has 0 saturated carbocycles. The molecule has 0 N–H and O–H groups in total. The number of hydrogen-bond donors (Lipinski definition) is 0. The van der Waals surface area contributed by atoms with Crippen molar-refractivity contribution in [2.24, 2.45) is 0 Å². The minimum atomic E-state index is -0.0603. The summed E-state index contributed by atoms with van der Waals surface area (Å²) < 4.78 is 6.93. The van der Waals surface area contributed by atoms with Crippen molar-refractivity contribution in [1.29, 1.82) is 0 Å². The van der Waals surface area contributed by atoms with Crippen LogP contribution in [0.1, 0.15) is 28.5 Å². The van der Waals surface area contributed by atoms with Gasteiger partial charge in [0.1, 0.15) is 11.4 Å². The van der Waals surface area contributed by atoms with Gasteiger partial charge in [-0.2, -0.15) is 5.10 Å². The van der Waals surface area contributed by atoms with E-state index in [2.05, 4.69) is 5.10 Å². The van der Waals surface area contributed by atoms with E-state index in [1.54, 1.807) is 24.1 Å². The molecule has 0 aliphatic rings. The van der Waals surface area contributed by atoms with Crippen LogP contribution >= 0.6 is 0 Å². The fourth-order valence-electron chi connectivity index (χ4n) is 1.91. The SMILES string of the molecule is CCn1nccc1C(=O)c1cc(C)ccc1OC. The largest absolute Gasteiger partial charge is 0.496 e. The maximum atomic E-state index is 12.5. The summed E-state index contributed by atoms with van der Waals surface area (Å²) in [5, 5.41) is 4.11. The van der Waals surface area contributed by atoms with Crippen LogP contribution in [0, 0.1) is 6.92 Å². The number of rotatable bonds is 4. The van der Waals surface area contributed by atoms with Gasteiger partial charge < -0.3 is 4.74 Å². The lowest BCUT2D eigenvalue weighted by Gasteiger charge is -2.09. The number of ether oxygens (including phenoxy) is 1. The van der Waals surface area contributed by atoms with Crippen molar-refractivity contribution in [1.82, 2.24) is 9.78 Å². The zero-order chi connectivity index (χ0) is 13.1. The number of carbonyl (C=O) groups excluding carboxylic acids is 1. The second-order valence-corrected chi connectivity index (χ2v) is 4.07. The predicted octanol–water partition coefficient (Wildman–Crippen LogP) is 2.45. The highest BCUT2D eigenvalue weighted by molar-refractivity contribution is 6.09. The van der Waals surface area contributed by atoms with E-state index in [4.69, 9.17) is 4.74 Å². The first kappa shape index (κ1) is 12.4. The second-order valence-electron chi connectivity index (χ2n) is 4.07. The van der Waals surface area contributed by atoms with Gasteiger partial charge in [-0.15, -0.1) is 0 Å². The molecule has 0 unspecified atom stereocenters. The third-order valence-electron chi connectivity index (χ3n) is 2.85. The molecule has 0 fully saturated rings. The molecule has 0 spiro atoms. The molecule has 2 rings (SSSR count). The highest BCUT2D eigenvalue weighted by Crippen LogP contribution is 2.22. The van der Waals surface area contributed by atoms with Gasteiger partial charge in [0.05, 0.1) is 12.7 Å². The zero-order valence-corrected chi connectivity index (χ0v) is 10.8. The fraction of sp³-hybridized carbons (Fsp3) is 0.286. The van der Waals surface area contributed by atoms with E-state index in [-0.39, 0.29) is 5.78 Å². The number of aryl methyl sites for hydroxylation is 2. The van der Waals surface area contributed by atoms with Gasteiger partial charge in [-0.05, 0) is 32.0 Å². The van der Waals surface area contributed by atoms with E-state index >= 15 is 0 Å². The van der Waals surface area contributed by atoms with Crippen LogP contribution in [0.25, 0.3) is 0 Å². The van der Waals surface area contributed by atoms with Gasteiger partial charge in [0.2, 0.25) is 5.78 Å². The quantitative estimate of drug-likeness (QED) is 0.776. The van der Waals surface area contributed by atoms with Crippen LogP contribution in [-0.4, -0.2) is 22.7 Å². The number of ketones is 1. The van der Waals surface area contributed by atoms with Crippen LogP contribution in [-0.2, 0) is 6.54 Å². The standard InChI is InChI=1S/C14H16N2O2/c1-4-16-12(7-8-15-16)14(17)11-9-10(2)5-6-13(11)18-3/h5-9H,4H2,1-3H3. The molecule has 94 valence electrons. The summed E-state index contributed by atoms with van der Waals surface area (Å²) in [4.78, 5) is 12.5. The van der Waals surface area contributed by atoms with Crippen LogP contribution in [0.4, 0.5) is 0 Å². The Bertz CT molecular complexity index is 573. The number of carbonyl (C=O) groups is 1. The Morgan fingerprint density at radius 1 is 1.39 bits per heavy atom. The first-order valence-corrected chi connectivity index (χ1v) is 5.88. The molecule has 0 bridgehead atoms. The Morgan fingerprint density at radius 2 is 2.17 bits per heavy atom. The molecule has 1 aromatic heterocycles. The molecular formula is C14H16N2O2. The van der Waals surface area contributed by atoms with Gasteiger partial charge in [0, 0.05) is 12.7 Å². The molecule has 4 heteroatoms. The third kappa shape index (κ3) is 2.14. The van der Waals surface area contributed by atoms with Gasteiger partial charge in [-0.25, -0.2) is 0 Å². The van der Waals surface area contributed by atoms with Gasteiger partial charge in [0.25, 0.3) is 0 Å². The highest BCUT2D eigenvalue weighted by Gasteiger charge is 2.17. The van der Waals surface area contributed by atoms with Crippen molar-refractivity contribution in [3.05, 3.63) is 47.3 Å². The number of benzene rings is 1. The maximum Gasteiger partial charge on any atom is 0.214 e. The minimum absolute atomic E-state index is 0.0603. The van der Waals surface area contributed by atoms with E-state index in [1.807, 2.05) is 32.0 Å². The molecule has 18 heavy (non-hydrogen) atoms. The average Bonchev–Trinajstić information content (AvgIpc) is 2.86. The smallest absolute Gasteiger partial charge is 0.214 e. The van der Waals surface area contributed by atoms with Gasteiger partial charge in [-0.1, -0.05) is 11.6 Å². The molecule has 0 radical (unpaired) electrons. The topological polar surface area (TPSA) is 44.1 Å². The lowest BCUT2D eigenvalue weighted by Crippen LogP contribution is -2.11. The lowest BCUT2D eigenvalue weighted by molar-refractivity contribution is 0.102. The molecule has 0 amide bonds. The molecule has 0 aliphatic carbocycles. The molecule has 1 aromatic carbocycles. The highest BCUT2D eigenvalue weighted by atomic mass is 16.5. The van der Waals surface area contributed by atoms with Gasteiger partial charge in [-0.3, -0.25) is 9.48 Å². The summed E-state index contributed by atoms with van der Waals surface area (Å²) in [6.45, 7) is 4.58. The van der Waals surface area contributed by atoms with Crippen molar-refractivity contribution >= 4 is 5.78 Å². The monoisotopic (exact) mass is 244 g/mol. The van der Waals surface area contributed by atoms with Crippen molar-refractivity contribution in [3.63, 3.8) is 0 Å². The Morgan fingerprint density at radius 3 is 2.83 bits per heavy atom. The van der Waals surface area contributed by atoms with E-state index in [0.29, 0.717) is 23.6 Å². The van der Waals surface area contributed by atoms with Crippen molar-refractivity contribution in [3.8, 4) is 5.75 Å². The Balaban J connectivity index is 2.48. The normalized spacial score (nSPS) is 10.4. The lowest BCUT2D eigenvalue weighted by atomic mass is 10.0. The molecule has 0 saturated heterocycles. The number of aromatic nitrogens is 2. The fourth-order valence-corrected chi connectivity index (χ4v) is 1.91. The van der Waals surface area contributed by atoms with E-state index in [1.165, 1.54) is 0 Å². The van der Waals surface area contributed by atoms with Gasteiger partial charge >= 0.3 is 0 Å². The summed E-state index contributed by atoms with van der Waals surface area (Å²) in [7, 11) is 1.57. The molecular weight excluding hydrogens is 228 g/mol. The zero-order valence-electron chi connectivity index (χ0n) is 10.8. The summed E-state index contributed by atoms with van der Waals surface area (Å²) >= 11 is 0. The summed E-state index contributed by atoms with van der Waals surface area (Å²) in [5.41, 5.74) is 2.19. The van der Waals surface area contributed by atoms with Crippen molar-refractivity contribution in [2.45, 2.75) is 20.4 Å². The molecule has 2 aromatic rings. The summed E-state index contributed by atoms with van der Waals surface area (Å²) in [6.07, 6.45) is 1.64. The maximum absolute atomic E-state index is 12.5.